The molecule has 1 atom stereocenters. The quantitative estimate of drug-likeness (QED) is 0.670. The molecule has 1 saturated heterocycles. The lowest BCUT2D eigenvalue weighted by Crippen LogP contribution is -2.44. The smallest absolute Gasteiger partial charge is 0.315 e. The van der Waals surface area contributed by atoms with Gasteiger partial charge < -0.3 is 20.3 Å². The molecule has 1 aliphatic rings. The van der Waals surface area contributed by atoms with E-state index in [1.165, 1.54) is 0 Å². The highest BCUT2D eigenvalue weighted by molar-refractivity contribution is 5.81. The lowest BCUT2D eigenvalue weighted by atomic mass is 10.2. The zero-order valence-corrected chi connectivity index (χ0v) is 12.1. The second kappa shape index (κ2) is 7.99. The lowest BCUT2D eigenvalue weighted by molar-refractivity contribution is -0.129. The molecule has 110 valence electrons. The van der Waals surface area contributed by atoms with Crippen LogP contribution < -0.4 is 10.6 Å². The van der Waals surface area contributed by atoms with Crippen LogP contribution in [0.5, 0.6) is 0 Å². The number of carbonyl (C=O) groups is 2. The first-order valence-electron chi connectivity index (χ1n) is 6.96. The van der Waals surface area contributed by atoms with Gasteiger partial charge in [-0.3, -0.25) is 4.79 Å². The van der Waals surface area contributed by atoms with E-state index in [1.54, 1.807) is 4.90 Å². The van der Waals surface area contributed by atoms with E-state index >= 15 is 0 Å². The first-order valence-corrected chi connectivity index (χ1v) is 6.96. The number of hydrogen-bond acceptors (Lipinski definition) is 3. The summed E-state index contributed by atoms with van der Waals surface area (Å²) < 4.78 is 5.18. The summed E-state index contributed by atoms with van der Waals surface area (Å²) in [6.45, 7) is 8.43. The molecular weight excluding hydrogens is 246 g/mol. The average molecular weight is 271 g/mol. The highest BCUT2D eigenvalue weighted by atomic mass is 16.5. The molecule has 0 radical (unpaired) electrons. The Labute approximate surface area is 114 Å². The van der Waals surface area contributed by atoms with E-state index in [4.69, 9.17) is 4.74 Å². The van der Waals surface area contributed by atoms with Gasteiger partial charge in [0.2, 0.25) is 5.91 Å². The Morgan fingerprint density at radius 2 is 2.26 bits per heavy atom. The zero-order valence-electron chi connectivity index (χ0n) is 12.1. The van der Waals surface area contributed by atoms with Crippen molar-refractivity contribution < 1.29 is 14.3 Å². The number of nitrogens with one attached hydrogen (secondary N) is 2. The summed E-state index contributed by atoms with van der Waals surface area (Å²) in [5.41, 5.74) is 0. The number of rotatable bonds is 7. The summed E-state index contributed by atoms with van der Waals surface area (Å²) in [4.78, 5) is 25.1. The number of likely N-dealkylation sites (tertiary alicyclic amines) is 1. The van der Waals surface area contributed by atoms with Crippen molar-refractivity contribution in [2.75, 3.05) is 26.3 Å². The molecule has 19 heavy (non-hydrogen) atoms. The number of ether oxygens (including phenoxy) is 1. The standard InChI is InChI=1S/C13H25N3O3/c1-4-19-7-5-6-14-13(18)15-11-8-12(17)16(9-11)10(2)3/h10-11H,4-9H2,1-3H3,(H2,14,15,18). The van der Waals surface area contributed by atoms with Gasteiger partial charge in [0.15, 0.2) is 0 Å². The maximum absolute atomic E-state index is 11.7. The molecule has 1 rings (SSSR count). The first kappa shape index (κ1) is 15.8. The molecule has 1 unspecified atom stereocenters. The van der Waals surface area contributed by atoms with Crippen LogP contribution in [-0.2, 0) is 9.53 Å². The van der Waals surface area contributed by atoms with Gasteiger partial charge in [-0.15, -0.1) is 0 Å². The molecule has 6 heteroatoms. The van der Waals surface area contributed by atoms with E-state index in [1.807, 2.05) is 20.8 Å². The van der Waals surface area contributed by atoms with E-state index in [2.05, 4.69) is 10.6 Å². The summed E-state index contributed by atoms with van der Waals surface area (Å²) >= 11 is 0. The Morgan fingerprint density at radius 1 is 1.53 bits per heavy atom. The van der Waals surface area contributed by atoms with Crippen LogP contribution in [0.3, 0.4) is 0 Å². The van der Waals surface area contributed by atoms with Gasteiger partial charge in [0.1, 0.15) is 0 Å². The number of nitrogens with zero attached hydrogens (tertiary/aromatic N) is 1. The fraction of sp³-hybridized carbons (Fsp3) is 0.846. The lowest BCUT2D eigenvalue weighted by Gasteiger charge is -2.21. The largest absolute Gasteiger partial charge is 0.382 e. The average Bonchev–Trinajstić information content (AvgIpc) is 2.70. The van der Waals surface area contributed by atoms with Crippen LogP contribution >= 0.6 is 0 Å². The van der Waals surface area contributed by atoms with Gasteiger partial charge in [0.05, 0.1) is 6.04 Å². The van der Waals surface area contributed by atoms with Crippen molar-refractivity contribution in [1.82, 2.24) is 15.5 Å². The predicted molar refractivity (Wildman–Crippen MR) is 72.9 cm³/mol. The molecular formula is C13H25N3O3. The van der Waals surface area contributed by atoms with Crippen molar-refractivity contribution in [2.45, 2.75) is 45.7 Å². The minimum absolute atomic E-state index is 0.0817. The summed E-state index contributed by atoms with van der Waals surface area (Å²) in [6.07, 6.45) is 1.19. The predicted octanol–water partition coefficient (Wildman–Crippen LogP) is 0.722. The minimum atomic E-state index is -0.208. The highest BCUT2D eigenvalue weighted by Gasteiger charge is 2.31. The van der Waals surface area contributed by atoms with Gasteiger partial charge in [-0.25, -0.2) is 4.79 Å². The van der Waals surface area contributed by atoms with Crippen LogP contribution in [0.15, 0.2) is 0 Å². The second-order valence-corrected chi connectivity index (χ2v) is 4.99. The van der Waals surface area contributed by atoms with Gasteiger partial charge in [0, 0.05) is 38.8 Å². The third-order valence-electron chi connectivity index (χ3n) is 3.07. The summed E-state index contributed by atoms with van der Waals surface area (Å²) in [6, 6.07) is -0.102. The number of urea groups is 1. The number of carbonyl (C=O) groups excluding carboxylic acids is 2. The van der Waals surface area contributed by atoms with Crippen LogP contribution in [0, 0.1) is 0 Å². The van der Waals surface area contributed by atoms with E-state index in [9.17, 15) is 9.59 Å². The van der Waals surface area contributed by atoms with Crippen molar-refractivity contribution >= 4 is 11.9 Å². The van der Waals surface area contributed by atoms with E-state index in [0.717, 1.165) is 6.42 Å². The van der Waals surface area contributed by atoms with Crippen LogP contribution in [0.4, 0.5) is 4.79 Å². The molecule has 3 amide bonds. The minimum Gasteiger partial charge on any atom is -0.382 e. The van der Waals surface area contributed by atoms with Crippen LogP contribution in [0.25, 0.3) is 0 Å². The molecule has 0 aromatic carbocycles. The van der Waals surface area contributed by atoms with Gasteiger partial charge in [0.25, 0.3) is 0 Å². The van der Waals surface area contributed by atoms with Crippen molar-refractivity contribution in [2.24, 2.45) is 0 Å². The molecule has 0 saturated carbocycles. The second-order valence-electron chi connectivity index (χ2n) is 4.99. The van der Waals surface area contributed by atoms with Crippen LogP contribution in [0.1, 0.15) is 33.6 Å². The molecule has 6 nitrogen and oxygen atoms in total. The third kappa shape index (κ3) is 5.46. The Bertz CT molecular complexity index is 308. The molecule has 2 N–H and O–H groups in total. The van der Waals surface area contributed by atoms with Gasteiger partial charge >= 0.3 is 6.03 Å². The molecule has 1 fully saturated rings. The number of hydrogen-bond donors (Lipinski definition) is 2. The fourth-order valence-electron chi connectivity index (χ4n) is 2.08. The molecule has 1 heterocycles. The molecule has 1 aliphatic heterocycles. The Morgan fingerprint density at radius 3 is 2.84 bits per heavy atom. The van der Waals surface area contributed by atoms with Gasteiger partial charge in [-0.1, -0.05) is 0 Å². The first-order chi connectivity index (χ1) is 9.04. The molecule has 0 spiro atoms. The maximum Gasteiger partial charge on any atom is 0.315 e. The fourth-order valence-corrected chi connectivity index (χ4v) is 2.08. The Kier molecular flexibility index (Phi) is 6.62. The monoisotopic (exact) mass is 271 g/mol. The van der Waals surface area contributed by atoms with Crippen molar-refractivity contribution in [3.05, 3.63) is 0 Å². The summed E-state index contributed by atoms with van der Waals surface area (Å²) in [5.74, 6) is 0.108. The van der Waals surface area contributed by atoms with Gasteiger partial charge in [-0.05, 0) is 27.2 Å². The molecule has 0 aromatic heterocycles. The van der Waals surface area contributed by atoms with E-state index in [0.29, 0.717) is 32.7 Å². The Balaban J connectivity index is 2.18. The van der Waals surface area contributed by atoms with Crippen molar-refractivity contribution in [1.29, 1.82) is 0 Å². The third-order valence-corrected chi connectivity index (χ3v) is 3.07. The normalized spacial score (nSPS) is 19.1. The van der Waals surface area contributed by atoms with Crippen LogP contribution in [0.2, 0.25) is 0 Å². The summed E-state index contributed by atoms with van der Waals surface area (Å²) in [7, 11) is 0. The summed E-state index contributed by atoms with van der Waals surface area (Å²) in [5, 5.41) is 5.60. The maximum atomic E-state index is 11.7. The molecule has 0 aromatic rings. The SMILES string of the molecule is CCOCCCNC(=O)NC1CC(=O)N(C(C)C)C1. The van der Waals surface area contributed by atoms with Gasteiger partial charge in [-0.2, -0.15) is 0 Å². The van der Waals surface area contributed by atoms with E-state index < -0.39 is 0 Å². The topological polar surface area (TPSA) is 70.7 Å². The van der Waals surface area contributed by atoms with E-state index in [-0.39, 0.29) is 24.0 Å². The Hall–Kier alpha value is -1.30. The zero-order chi connectivity index (χ0) is 14.3. The number of amides is 3. The van der Waals surface area contributed by atoms with Crippen molar-refractivity contribution in [3.63, 3.8) is 0 Å². The van der Waals surface area contributed by atoms with Crippen LogP contribution in [-0.4, -0.2) is 55.2 Å². The molecule has 0 bridgehead atoms. The van der Waals surface area contributed by atoms with Crippen molar-refractivity contribution in [3.8, 4) is 0 Å². The highest BCUT2D eigenvalue weighted by Crippen LogP contribution is 2.13. The molecule has 0 aliphatic carbocycles.